The molecule has 0 aliphatic heterocycles. The zero-order valence-corrected chi connectivity index (χ0v) is 12.5. The summed E-state index contributed by atoms with van der Waals surface area (Å²) >= 11 is 1.57. The number of hydrogen-bond donors (Lipinski definition) is 2. The number of amides is 1. The predicted molar refractivity (Wildman–Crippen MR) is 87.0 cm³/mol. The zero-order valence-electron chi connectivity index (χ0n) is 11.7. The van der Waals surface area contributed by atoms with Crippen molar-refractivity contribution in [3.05, 3.63) is 70.0 Å². The monoisotopic (exact) mass is 310 g/mol. The van der Waals surface area contributed by atoms with Crippen LogP contribution in [-0.4, -0.2) is 16.0 Å². The SMILES string of the molecule is NC(=O)c1cc(-c2csc(Cc3ccccc3)n2)ccc1O. The van der Waals surface area contributed by atoms with Crippen LogP contribution in [-0.2, 0) is 6.42 Å². The number of benzene rings is 2. The number of nitrogens with zero attached hydrogens (tertiary/aromatic N) is 1. The van der Waals surface area contributed by atoms with Gasteiger partial charge in [-0.2, -0.15) is 0 Å². The largest absolute Gasteiger partial charge is 0.507 e. The average Bonchev–Trinajstić information content (AvgIpc) is 2.97. The third-order valence-electron chi connectivity index (χ3n) is 3.31. The highest BCUT2D eigenvalue weighted by Gasteiger charge is 2.11. The molecule has 0 atom stereocenters. The molecule has 0 fully saturated rings. The number of hydrogen-bond acceptors (Lipinski definition) is 4. The number of aromatic hydroxyl groups is 1. The molecule has 1 amide bonds. The van der Waals surface area contributed by atoms with Crippen molar-refractivity contribution in [2.24, 2.45) is 5.73 Å². The van der Waals surface area contributed by atoms with Gasteiger partial charge in [-0.05, 0) is 23.8 Å². The summed E-state index contributed by atoms with van der Waals surface area (Å²) in [7, 11) is 0. The van der Waals surface area contributed by atoms with Gasteiger partial charge in [-0.25, -0.2) is 4.98 Å². The maximum absolute atomic E-state index is 11.3. The van der Waals surface area contributed by atoms with Gasteiger partial charge in [0, 0.05) is 17.4 Å². The minimum Gasteiger partial charge on any atom is -0.507 e. The Hall–Kier alpha value is -2.66. The molecule has 0 aliphatic rings. The summed E-state index contributed by atoms with van der Waals surface area (Å²) in [6, 6.07) is 14.9. The second kappa shape index (κ2) is 5.99. The van der Waals surface area contributed by atoms with E-state index in [4.69, 9.17) is 5.73 Å². The van der Waals surface area contributed by atoms with E-state index < -0.39 is 5.91 Å². The van der Waals surface area contributed by atoms with Crippen LogP contribution < -0.4 is 5.73 Å². The Kier molecular flexibility index (Phi) is 3.89. The van der Waals surface area contributed by atoms with Crippen LogP contribution in [0.2, 0.25) is 0 Å². The lowest BCUT2D eigenvalue weighted by Gasteiger charge is -2.03. The number of carbonyl (C=O) groups is 1. The molecule has 0 saturated carbocycles. The van der Waals surface area contributed by atoms with Gasteiger partial charge in [-0.3, -0.25) is 4.79 Å². The van der Waals surface area contributed by atoms with Crippen molar-refractivity contribution >= 4 is 17.2 Å². The summed E-state index contributed by atoms with van der Waals surface area (Å²) < 4.78 is 0. The Bertz CT molecular complexity index is 813. The van der Waals surface area contributed by atoms with Crippen molar-refractivity contribution in [3.8, 4) is 17.0 Å². The smallest absolute Gasteiger partial charge is 0.252 e. The molecule has 22 heavy (non-hydrogen) atoms. The lowest BCUT2D eigenvalue weighted by molar-refractivity contribution is 0.0998. The average molecular weight is 310 g/mol. The maximum Gasteiger partial charge on any atom is 0.252 e. The van der Waals surface area contributed by atoms with Crippen LogP contribution >= 0.6 is 11.3 Å². The van der Waals surface area contributed by atoms with Crippen LogP contribution in [0.15, 0.2) is 53.9 Å². The minimum atomic E-state index is -0.654. The number of aromatic nitrogens is 1. The molecule has 110 valence electrons. The first kappa shape index (κ1) is 14.3. The van der Waals surface area contributed by atoms with Crippen LogP contribution in [0.25, 0.3) is 11.3 Å². The van der Waals surface area contributed by atoms with Crippen molar-refractivity contribution in [2.45, 2.75) is 6.42 Å². The van der Waals surface area contributed by atoms with Crippen LogP contribution in [0.1, 0.15) is 20.9 Å². The first-order valence-corrected chi connectivity index (χ1v) is 7.63. The first-order chi connectivity index (χ1) is 10.6. The topological polar surface area (TPSA) is 76.2 Å². The van der Waals surface area contributed by atoms with E-state index in [1.54, 1.807) is 23.5 Å². The fourth-order valence-corrected chi connectivity index (χ4v) is 3.03. The van der Waals surface area contributed by atoms with Gasteiger partial charge in [0.15, 0.2) is 0 Å². The zero-order chi connectivity index (χ0) is 15.5. The summed E-state index contributed by atoms with van der Waals surface area (Å²) in [4.78, 5) is 15.9. The molecule has 0 saturated heterocycles. The molecular formula is C17H14N2O2S. The standard InChI is InChI=1S/C17H14N2O2S/c18-17(21)13-9-12(6-7-15(13)20)14-10-22-16(19-14)8-11-4-2-1-3-5-11/h1-7,9-10,20H,8H2,(H2,18,21). The van der Waals surface area contributed by atoms with E-state index in [9.17, 15) is 9.90 Å². The Morgan fingerprint density at radius 3 is 2.68 bits per heavy atom. The van der Waals surface area contributed by atoms with Crippen molar-refractivity contribution in [1.29, 1.82) is 0 Å². The van der Waals surface area contributed by atoms with Gasteiger partial charge in [0.25, 0.3) is 5.91 Å². The van der Waals surface area contributed by atoms with E-state index >= 15 is 0 Å². The van der Waals surface area contributed by atoms with Gasteiger partial charge in [0.1, 0.15) is 5.75 Å². The molecule has 1 aromatic heterocycles. The molecule has 0 spiro atoms. The quantitative estimate of drug-likeness (QED) is 0.777. The summed E-state index contributed by atoms with van der Waals surface area (Å²) in [5.41, 5.74) is 8.10. The summed E-state index contributed by atoms with van der Waals surface area (Å²) in [5.74, 6) is -0.768. The second-order valence-electron chi connectivity index (χ2n) is 4.89. The molecule has 0 aliphatic carbocycles. The molecule has 4 nitrogen and oxygen atoms in total. The van der Waals surface area contributed by atoms with E-state index in [0.29, 0.717) is 0 Å². The third-order valence-corrected chi connectivity index (χ3v) is 4.16. The molecule has 0 unspecified atom stereocenters. The van der Waals surface area contributed by atoms with Crippen LogP contribution in [0.5, 0.6) is 5.75 Å². The van der Waals surface area contributed by atoms with Gasteiger partial charge in [0.05, 0.1) is 16.3 Å². The summed E-state index contributed by atoms with van der Waals surface area (Å²) in [6.07, 6.45) is 0.770. The van der Waals surface area contributed by atoms with E-state index in [0.717, 1.165) is 22.7 Å². The van der Waals surface area contributed by atoms with E-state index in [1.165, 1.54) is 11.6 Å². The van der Waals surface area contributed by atoms with Crippen molar-refractivity contribution < 1.29 is 9.90 Å². The number of nitrogens with two attached hydrogens (primary N) is 1. The van der Waals surface area contributed by atoms with Crippen LogP contribution in [0, 0.1) is 0 Å². The molecule has 3 aromatic rings. The highest BCUT2D eigenvalue weighted by Crippen LogP contribution is 2.27. The van der Waals surface area contributed by atoms with Gasteiger partial charge >= 0.3 is 0 Å². The Labute approximate surface area is 131 Å². The Balaban J connectivity index is 1.88. The van der Waals surface area contributed by atoms with E-state index in [2.05, 4.69) is 17.1 Å². The summed E-state index contributed by atoms with van der Waals surface area (Å²) in [6.45, 7) is 0. The number of thiazole rings is 1. The second-order valence-corrected chi connectivity index (χ2v) is 5.83. The van der Waals surface area contributed by atoms with Gasteiger partial charge in [-0.15, -0.1) is 11.3 Å². The molecule has 3 N–H and O–H groups in total. The van der Waals surface area contributed by atoms with Crippen LogP contribution in [0.3, 0.4) is 0 Å². The molecule has 3 rings (SSSR count). The number of phenols is 1. The first-order valence-electron chi connectivity index (χ1n) is 6.75. The Morgan fingerprint density at radius 1 is 1.18 bits per heavy atom. The highest BCUT2D eigenvalue weighted by atomic mass is 32.1. The number of rotatable bonds is 4. The van der Waals surface area contributed by atoms with Crippen LogP contribution in [0.4, 0.5) is 0 Å². The molecule has 0 radical (unpaired) electrons. The van der Waals surface area contributed by atoms with E-state index in [-0.39, 0.29) is 11.3 Å². The molecule has 1 heterocycles. The van der Waals surface area contributed by atoms with Gasteiger partial charge in [0.2, 0.25) is 0 Å². The third kappa shape index (κ3) is 2.99. The minimum absolute atomic E-state index is 0.107. The van der Waals surface area contributed by atoms with Crippen molar-refractivity contribution in [1.82, 2.24) is 4.98 Å². The van der Waals surface area contributed by atoms with Gasteiger partial charge in [-0.1, -0.05) is 30.3 Å². The maximum atomic E-state index is 11.3. The lowest BCUT2D eigenvalue weighted by atomic mass is 10.1. The van der Waals surface area contributed by atoms with Gasteiger partial charge < -0.3 is 10.8 Å². The molecule has 5 heteroatoms. The molecule has 2 aromatic carbocycles. The fourth-order valence-electron chi connectivity index (χ4n) is 2.19. The normalized spacial score (nSPS) is 10.5. The lowest BCUT2D eigenvalue weighted by Crippen LogP contribution is -2.11. The molecular weight excluding hydrogens is 296 g/mol. The van der Waals surface area contributed by atoms with E-state index in [1.807, 2.05) is 23.6 Å². The number of carbonyl (C=O) groups excluding carboxylic acids is 1. The fraction of sp³-hybridized carbons (Fsp3) is 0.0588. The Morgan fingerprint density at radius 2 is 1.95 bits per heavy atom. The predicted octanol–water partition coefficient (Wildman–Crippen LogP) is 3.21. The highest BCUT2D eigenvalue weighted by molar-refractivity contribution is 7.10. The molecule has 0 bridgehead atoms. The summed E-state index contributed by atoms with van der Waals surface area (Å²) in [5, 5.41) is 12.6. The van der Waals surface area contributed by atoms with Crippen molar-refractivity contribution in [3.63, 3.8) is 0 Å². The van der Waals surface area contributed by atoms with Crippen molar-refractivity contribution in [2.75, 3.05) is 0 Å². The number of primary amides is 1.